The van der Waals surface area contributed by atoms with Crippen molar-refractivity contribution in [1.82, 2.24) is 10.4 Å². The van der Waals surface area contributed by atoms with Crippen molar-refractivity contribution < 1.29 is 23.9 Å². The zero-order valence-electron chi connectivity index (χ0n) is 13.4. The molecule has 2 amide bonds. The number of urea groups is 1. The van der Waals surface area contributed by atoms with Crippen LogP contribution in [0.2, 0.25) is 0 Å². The first-order valence-corrected chi connectivity index (χ1v) is 7.49. The minimum absolute atomic E-state index is 0.0326. The number of methoxy groups -OCH3 is 1. The first kappa shape index (κ1) is 15.6. The van der Waals surface area contributed by atoms with Crippen molar-refractivity contribution in [2.75, 3.05) is 7.11 Å². The van der Waals surface area contributed by atoms with Crippen LogP contribution in [0.15, 0.2) is 18.2 Å². The second-order valence-corrected chi connectivity index (χ2v) is 6.30. The Bertz CT molecular complexity index is 643. The highest BCUT2D eigenvalue weighted by atomic mass is 16.7. The maximum Gasteiger partial charge on any atom is 0.343 e. The Hall–Kier alpha value is -2.28. The summed E-state index contributed by atoms with van der Waals surface area (Å²) in [7, 11) is 1.29. The number of carbonyl (C=O) groups excluding carboxylic acids is 2. The highest BCUT2D eigenvalue weighted by Gasteiger charge is 2.35. The summed E-state index contributed by atoms with van der Waals surface area (Å²) >= 11 is 0. The van der Waals surface area contributed by atoms with E-state index >= 15 is 0 Å². The van der Waals surface area contributed by atoms with Crippen molar-refractivity contribution in [3.05, 3.63) is 29.3 Å². The lowest BCUT2D eigenvalue weighted by atomic mass is 10.0. The predicted octanol–water partition coefficient (Wildman–Crippen LogP) is 1.75. The van der Waals surface area contributed by atoms with Crippen molar-refractivity contribution in [2.24, 2.45) is 0 Å². The molecule has 1 aromatic rings. The molecule has 1 unspecified atom stereocenters. The van der Waals surface area contributed by atoms with E-state index in [1.807, 2.05) is 32.0 Å². The van der Waals surface area contributed by atoms with Crippen LogP contribution < -0.4 is 10.1 Å². The fourth-order valence-electron chi connectivity index (χ4n) is 2.83. The van der Waals surface area contributed by atoms with E-state index in [1.165, 1.54) is 12.2 Å². The Balaban J connectivity index is 1.71. The summed E-state index contributed by atoms with van der Waals surface area (Å²) in [5.74, 6) is 0.369. The minimum Gasteiger partial charge on any atom is -0.487 e. The summed E-state index contributed by atoms with van der Waals surface area (Å²) in [4.78, 5) is 28.7. The molecule has 7 heteroatoms. The molecule has 1 fully saturated rings. The summed E-state index contributed by atoms with van der Waals surface area (Å²) in [6.45, 7) is 4.31. The molecule has 23 heavy (non-hydrogen) atoms. The number of fused-ring (bicyclic) bond motifs is 1. The van der Waals surface area contributed by atoms with Crippen molar-refractivity contribution in [1.29, 1.82) is 0 Å². The van der Waals surface area contributed by atoms with Gasteiger partial charge in [-0.25, -0.2) is 9.63 Å². The van der Waals surface area contributed by atoms with Gasteiger partial charge in [0.05, 0.1) is 20.1 Å². The van der Waals surface area contributed by atoms with Gasteiger partial charge in [0.15, 0.2) is 6.23 Å². The standard InChI is InChI=1S/C16H20N2O5/c1-16(2)8-10-5-4-6-11(14(10)22-16)9-18-15(20)17-12(23-18)7-13(19)21-3/h4-6,12H,7-9H2,1-3H3,(H,17,20). The SMILES string of the molecule is COC(=O)CC1NC(=O)N(Cc2cccc3c2OC(C)(C)C3)O1. The van der Waals surface area contributed by atoms with Gasteiger partial charge in [-0.2, -0.15) is 5.06 Å². The van der Waals surface area contributed by atoms with Crippen molar-refractivity contribution in [2.45, 2.75) is 45.1 Å². The van der Waals surface area contributed by atoms with E-state index in [1.54, 1.807) is 0 Å². The smallest absolute Gasteiger partial charge is 0.343 e. The summed E-state index contributed by atoms with van der Waals surface area (Å²) in [6, 6.07) is 5.50. The van der Waals surface area contributed by atoms with E-state index in [-0.39, 0.29) is 24.6 Å². The number of nitrogens with one attached hydrogen (secondary N) is 1. The summed E-state index contributed by atoms with van der Waals surface area (Å²) in [5.41, 5.74) is 1.75. The van der Waals surface area contributed by atoms with Crippen LogP contribution in [0.1, 0.15) is 31.4 Å². The number of para-hydroxylation sites is 1. The number of amides is 2. The predicted molar refractivity (Wildman–Crippen MR) is 80.4 cm³/mol. The molecule has 0 bridgehead atoms. The van der Waals surface area contributed by atoms with Crippen LogP contribution in [-0.4, -0.2) is 36.0 Å². The number of rotatable bonds is 4. The number of carbonyl (C=O) groups is 2. The third-order valence-corrected chi connectivity index (χ3v) is 3.83. The number of nitrogens with zero attached hydrogens (tertiary/aromatic N) is 1. The molecule has 7 nitrogen and oxygen atoms in total. The first-order chi connectivity index (χ1) is 10.9. The van der Waals surface area contributed by atoms with Gasteiger partial charge >= 0.3 is 12.0 Å². The summed E-state index contributed by atoms with van der Waals surface area (Å²) < 4.78 is 10.6. The number of ether oxygens (including phenoxy) is 2. The van der Waals surface area contributed by atoms with Gasteiger partial charge in [-0.15, -0.1) is 0 Å². The molecular formula is C16H20N2O5. The van der Waals surface area contributed by atoms with Gasteiger partial charge in [0.25, 0.3) is 0 Å². The fourth-order valence-corrected chi connectivity index (χ4v) is 2.83. The number of hydrogen-bond acceptors (Lipinski definition) is 5. The lowest BCUT2D eigenvalue weighted by Crippen LogP contribution is -2.29. The molecule has 2 aliphatic rings. The zero-order chi connectivity index (χ0) is 16.6. The molecule has 2 heterocycles. The Morgan fingerprint density at radius 1 is 1.48 bits per heavy atom. The zero-order valence-corrected chi connectivity index (χ0v) is 13.4. The van der Waals surface area contributed by atoms with Gasteiger partial charge in [-0.3, -0.25) is 4.79 Å². The van der Waals surface area contributed by atoms with E-state index in [9.17, 15) is 9.59 Å². The Morgan fingerprint density at radius 2 is 2.26 bits per heavy atom. The first-order valence-electron chi connectivity index (χ1n) is 7.49. The molecule has 1 saturated heterocycles. The third-order valence-electron chi connectivity index (χ3n) is 3.83. The highest BCUT2D eigenvalue weighted by molar-refractivity contribution is 5.77. The van der Waals surface area contributed by atoms with E-state index < -0.39 is 12.2 Å². The minimum atomic E-state index is -0.705. The maximum atomic E-state index is 12.0. The molecule has 0 aliphatic carbocycles. The van der Waals surface area contributed by atoms with Gasteiger partial charge in [0.2, 0.25) is 0 Å². The van der Waals surface area contributed by atoms with Gasteiger partial charge in [0, 0.05) is 12.0 Å². The number of esters is 1. The van der Waals surface area contributed by atoms with Crippen LogP contribution in [-0.2, 0) is 27.3 Å². The van der Waals surface area contributed by atoms with E-state index in [0.29, 0.717) is 0 Å². The van der Waals surface area contributed by atoms with E-state index in [2.05, 4.69) is 10.1 Å². The van der Waals surface area contributed by atoms with Crippen molar-refractivity contribution >= 4 is 12.0 Å². The van der Waals surface area contributed by atoms with E-state index in [4.69, 9.17) is 9.57 Å². The molecule has 0 radical (unpaired) electrons. The van der Waals surface area contributed by atoms with Gasteiger partial charge in [-0.1, -0.05) is 18.2 Å². The number of hydroxylamine groups is 2. The van der Waals surface area contributed by atoms with Crippen LogP contribution >= 0.6 is 0 Å². The Morgan fingerprint density at radius 3 is 3.00 bits per heavy atom. The second-order valence-electron chi connectivity index (χ2n) is 6.30. The van der Waals surface area contributed by atoms with Gasteiger partial charge in [-0.05, 0) is 19.4 Å². The molecule has 0 aromatic heterocycles. The van der Waals surface area contributed by atoms with Crippen LogP contribution in [0, 0.1) is 0 Å². The lowest BCUT2D eigenvalue weighted by Gasteiger charge is -2.19. The van der Waals surface area contributed by atoms with Crippen molar-refractivity contribution in [3.63, 3.8) is 0 Å². The average molecular weight is 320 g/mol. The molecule has 1 aromatic carbocycles. The lowest BCUT2D eigenvalue weighted by molar-refractivity contribution is -0.157. The molecule has 1 N–H and O–H groups in total. The molecule has 2 aliphatic heterocycles. The van der Waals surface area contributed by atoms with Crippen molar-refractivity contribution in [3.8, 4) is 5.75 Å². The maximum absolute atomic E-state index is 12.0. The molecule has 0 spiro atoms. The Kier molecular flexibility index (Phi) is 3.89. The molecule has 124 valence electrons. The van der Waals surface area contributed by atoms with Crippen LogP contribution in [0.5, 0.6) is 5.75 Å². The summed E-state index contributed by atoms with van der Waals surface area (Å²) in [5, 5.41) is 3.80. The summed E-state index contributed by atoms with van der Waals surface area (Å²) in [6.07, 6.45) is 0.0904. The monoisotopic (exact) mass is 320 g/mol. The van der Waals surface area contributed by atoms with Crippen LogP contribution in [0.3, 0.4) is 0 Å². The normalized spacial score (nSPS) is 21.6. The average Bonchev–Trinajstić information content (AvgIpc) is 2.98. The van der Waals surface area contributed by atoms with Crippen LogP contribution in [0.25, 0.3) is 0 Å². The van der Waals surface area contributed by atoms with Gasteiger partial charge in [0.1, 0.15) is 11.4 Å². The fraction of sp³-hybridized carbons (Fsp3) is 0.500. The number of benzene rings is 1. The topological polar surface area (TPSA) is 77.1 Å². The second kappa shape index (κ2) is 5.73. The molecule has 3 rings (SSSR count). The largest absolute Gasteiger partial charge is 0.487 e. The number of hydrogen-bond donors (Lipinski definition) is 1. The van der Waals surface area contributed by atoms with Gasteiger partial charge < -0.3 is 14.8 Å². The molecular weight excluding hydrogens is 300 g/mol. The highest BCUT2D eigenvalue weighted by Crippen LogP contribution is 2.38. The third kappa shape index (κ3) is 3.24. The van der Waals surface area contributed by atoms with Crippen LogP contribution in [0.4, 0.5) is 4.79 Å². The quantitative estimate of drug-likeness (QED) is 0.855. The Labute approximate surface area is 134 Å². The van der Waals surface area contributed by atoms with E-state index in [0.717, 1.165) is 23.3 Å². The molecule has 1 atom stereocenters. The molecule has 0 saturated carbocycles.